The summed E-state index contributed by atoms with van der Waals surface area (Å²) < 4.78 is 37.3. The first-order chi connectivity index (χ1) is 6.96. The van der Waals surface area contributed by atoms with Crippen molar-refractivity contribution in [1.29, 1.82) is 5.26 Å². The Balaban J connectivity index is 3.41. The molecular weight excluding hydrogens is 205 g/mol. The standard InChI is InChI=1S/C10H5F3N2/c11-10(12,13)8-4-1-5-9(15)7(8)3-2-6-14/h1,4-5H,15H2. The third-order valence-corrected chi connectivity index (χ3v) is 1.65. The zero-order chi connectivity index (χ0) is 11.5. The van der Waals surface area contributed by atoms with Gasteiger partial charge in [0.05, 0.1) is 11.1 Å². The summed E-state index contributed by atoms with van der Waals surface area (Å²) in [7, 11) is 0. The molecule has 1 aromatic carbocycles. The first-order valence-corrected chi connectivity index (χ1v) is 3.82. The third kappa shape index (κ3) is 2.41. The summed E-state index contributed by atoms with van der Waals surface area (Å²) in [5, 5.41) is 8.17. The molecule has 76 valence electrons. The van der Waals surface area contributed by atoms with Gasteiger partial charge in [0.2, 0.25) is 0 Å². The van der Waals surface area contributed by atoms with Crippen LogP contribution in [0.25, 0.3) is 0 Å². The minimum Gasteiger partial charge on any atom is -0.398 e. The van der Waals surface area contributed by atoms with E-state index in [9.17, 15) is 13.2 Å². The van der Waals surface area contributed by atoms with Gasteiger partial charge in [-0.15, -0.1) is 0 Å². The summed E-state index contributed by atoms with van der Waals surface area (Å²) in [5.74, 6) is 3.98. The quantitative estimate of drug-likeness (QED) is 0.527. The predicted molar refractivity (Wildman–Crippen MR) is 48.3 cm³/mol. The van der Waals surface area contributed by atoms with Crippen LogP contribution >= 0.6 is 0 Å². The number of alkyl halides is 3. The molecule has 0 saturated carbocycles. The SMILES string of the molecule is N#CC#Cc1c(N)cccc1C(F)(F)F. The van der Waals surface area contributed by atoms with E-state index in [0.29, 0.717) is 0 Å². The van der Waals surface area contributed by atoms with E-state index >= 15 is 0 Å². The van der Waals surface area contributed by atoms with Crippen LogP contribution in [0.15, 0.2) is 18.2 Å². The van der Waals surface area contributed by atoms with E-state index in [2.05, 4.69) is 5.92 Å². The number of halogens is 3. The van der Waals surface area contributed by atoms with Crippen LogP contribution in [0.2, 0.25) is 0 Å². The Morgan fingerprint density at radius 1 is 1.27 bits per heavy atom. The average molecular weight is 210 g/mol. The van der Waals surface area contributed by atoms with Crippen molar-refractivity contribution in [2.24, 2.45) is 0 Å². The summed E-state index contributed by atoms with van der Waals surface area (Å²) >= 11 is 0. The second-order valence-corrected chi connectivity index (χ2v) is 2.63. The van der Waals surface area contributed by atoms with E-state index in [1.165, 1.54) is 18.2 Å². The van der Waals surface area contributed by atoms with Gasteiger partial charge in [-0.05, 0) is 18.1 Å². The molecule has 0 radical (unpaired) electrons. The lowest BCUT2D eigenvalue weighted by molar-refractivity contribution is -0.137. The summed E-state index contributed by atoms with van der Waals surface area (Å²) in [6, 6.07) is 4.80. The van der Waals surface area contributed by atoms with E-state index in [4.69, 9.17) is 11.0 Å². The summed E-state index contributed by atoms with van der Waals surface area (Å²) in [6.45, 7) is 0. The van der Waals surface area contributed by atoms with Gasteiger partial charge in [0.25, 0.3) is 0 Å². The van der Waals surface area contributed by atoms with Crippen molar-refractivity contribution in [2.45, 2.75) is 6.18 Å². The molecular formula is C10H5F3N2. The Morgan fingerprint density at radius 2 is 1.93 bits per heavy atom. The van der Waals surface area contributed by atoms with Crippen molar-refractivity contribution in [3.63, 3.8) is 0 Å². The molecule has 0 fully saturated rings. The van der Waals surface area contributed by atoms with Crippen LogP contribution in [0.3, 0.4) is 0 Å². The maximum atomic E-state index is 12.4. The minimum absolute atomic E-state index is 0.0902. The molecule has 2 N–H and O–H groups in total. The molecule has 1 aromatic rings. The molecule has 0 aliphatic carbocycles. The fraction of sp³-hybridized carbons (Fsp3) is 0.100. The topological polar surface area (TPSA) is 49.8 Å². The van der Waals surface area contributed by atoms with Crippen molar-refractivity contribution in [2.75, 3.05) is 5.73 Å². The first-order valence-electron chi connectivity index (χ1n) is 3.82. The lowest BCUT2D eigenvalue weighted by Crippen LogP contribution is -2.09. The lowest BCUT2D eigenvalue weighted by atomic mass is 10.1. The molecule has 1 rings (SSSR count). The van der Waals surface area contributed by atoms with Crippen LogP contribution in [0.4, 0.5) is 18.9 Å². The minimum atomic E-state index is -4.52. The van der Waals surface area contributed by atoms with Gasteiger partial charge in [-0.1, -0.05) is 6.07 Å². The maximum absolute atomic E-state index is 12.4. The maximum Gasteiger partial charge on any atom is 0.417 e. The van der Waals surface area contributed by atoms with Crippen LogP contribution in [-0.2, 0) is 6.18 Å². The smallest absolute Gasteiger partial charge is 0.398 e. The van der Waals surface area contributed by atoms with Gasteiger partial charge in [-0.2, -0.15) is 18.4 Å². The highest BCUT2D eigenvalue weighted by atomic mass is 19.4. The summed E-state index contributed by atoms with van der Waals surface area (Å²) in [6.07, 6.45) is -4.52. The molecule has 5 heteroatoms. The number of benzene rings is 1. The monoisotopic (exact) mass is 210 g/mol. The van der Waals surface area contributed by atoms with Crippen LogP contribution < -0.4 is 5.73 Å². The van der Waals surface area contributed by atoms with E-state index in [0.717, 1.165) is 6.07 Å². The van der Waals surface area contributed by atoms with Gasteiger partial charge in [0.15, 0.2) is 6.07 Å². The Bertz CT molecular complexity index is 472. The molecule has 0 atom stereocenters. The number of hydrogen-bond acceptors (Lipinski definition) is 2. The Kier molecular flexibility index (Phi) is 2.87. The number of anilines is 1. The normalized spacial score (nSPS) is 10.0. The van der Waals surface area contributed by atoms with E-state index in [-0.39, 0.29) is 11.3 Å². The molecule has 0 amide bonds. The van der Waals surface area contributed by atoms with Crippen molar-refractivity contribution in [3.05, 3.63) is 29.3 Å². The first kappa shape index (κ1) is 10.9. The van der Waals surface area contributed by atoms with Crippen molar-refractivity contribution in [3.8, 4) is 17.9 Å². The van der Waals surface area contributed by atoms with Crippen LogP contribution in [0, 0.1) is 23.2 Å². The van der Waals surface area contributed by atoms with Gasteiger partial charge in [-0.3, -0.25) is 0 Å². The molecule has 0 aromatic heterocycles. The van der Waals surface area contributed by atoms with E-state index in [1.54, 1.807) is 0 Å². The Morgan fingerprint density at radius 3 is 2.47 bits per heavy atom. The molecule has 0 bridgehead atoms. The molecule has 0 aliphatic heterocycles. The van der Waals surface area contributed by atoms with Crippen molar-refractivity contribution in [1.82, 2.24) is 0 Å². The fourth-order valence-corrected chi connectivity index (χ4v) is 1.04. The van der Waals surface area contributed by atoms with E-state index < -0.39 is 11.7 Å². The number of nitriles is 1. The number of nitrogen functional groups attached to an aromatic ring is 1. The number of nitrogens with zero attached hydrogens (tertiary/aromatic N) is 1. The van der Waals surface area contributed by atoms with Crippen LogP contribution in [-0.4, -0.2) is 0 Å². The molecule has 0 aliphatic rings. The zero-order valence-electron chi connectivity index (χ0n) is 7.39. The Labute approximate surface area is 84.1 Å². The second kappa shape index (κ2) is 3.93. The summed E-state index contributed by atoms with van der Waals surface area (Å²) in [5.41, 5.74) is 3.98. The molecule has 0 unspecified atom stereocenters. The number of nitrogens with two attached hydrogens (primary N) is 1. The van der Waals surface area contributed by atoms with Gasteiger partial charge >= 0.3 is 6.18 Å². The number of rotatable bonds is 0. The Hall–Kier alpha value is -2.14. The number of hydrogen-bond donors (Lipinski definition) is 1. The highest BCUT2D eigenvalue weighted by Gasteiger charge is 2.33. The molecule has 0 heterocycles. The predicted octanol–water partition coefficient (Wildman–Crippen LogP) is 2.16. The second-order valence-electron chi connectivity index (χ2n) is 2.63. The van der Waals surface area contributed by atoms with Crippen LogP contribution in [0.5, 0.6) is 0 Å². The highest BCUT2D eigenvalue weighted by molar-refractivity contribution is 5.61. The molecule has 2 nitrogen and oxygen atoms in total. The van der Waals surface area contributed by atoms with Gasteiger partial charge < -0.3 is 5.73 Å². The largest absolute Gasteiger partial charge is 0.417 e. The molecule has 0 saturated heterocycles. The lowest BCUT2D eigenvalue weighted by Gasteiger charge is -2.10. The van der Waals surface area contributed by atoms with Gasteiger partial charge in [0, 0.05) is 11.6 Å². The molecule has 0 spiro atoms. The highest BCUT2D eigenvalue weighted by Crippen LogP contribution is 2.33. The van der Waals surface area contributed by atoms with Crippen LogP contribution in [0.1, 0.15) is 11.1 Å². The fourth-order valence-electron chi connectivity index (χ4n) is 1.04. The van der Waals surface area contributed by atoms with Gasteiger partial charge in [-0.25, -0.2) is 0 Å². The van der Waals surface area contributed by atoms with E-state index in [1.807, 2.05) is 5.92 Å². The average Bonchev–Trinajstić information content (AvgIpc) is 2.14. The summed E-state index contributed by atoms with van der Waals surface area (Å²) in [4.78, 5) is 0. The zero-order valence-corrected chi connectivity index (χ0v) is 7.39. The molecule has 15 heavy (non-hydrogen) atoms. The third-order valence-electron chi connectivity index (χ3n) is 1.65. The van der Waals surface area contributed by atoms with Gasteiger partial charge in [0.1, 0.15) is 0 Å². The van der Waals surface area contributed by atoms with Crippen molar-refractivity contribution >= 4 is 5.69 Å². The van der Waals surface area contributed by atoms with Crippen molar-refractivity contribution < 1.29 is 13.2 Å².